The summed E-state index contributed by atoms with van der Waals surface area (Å²) in [5.41, 5.74) is 3.56. The Hall–Kier alpha value is -3.65. The lowest BCUT2D eigenvalue weighted by Gasteiger charge is -2.39. The van der Waals surface area contributed by atoms with Gasteiger partial charge in [-0.3, -0.25) is 9.80 Å². The number of methoxy groups -OCH3 is 1. The van der Waals surface area contributed by atoms with Crippen LogP contribution in [0.15, 0.2) is 66.5 Å². The van der Waals surface area contributed by atoms with E-state index >= 15 is 0 Å². The van der Waals surface area contributed by atoms with Gasteiger partial charge in [-0.2, -0.15) is 0 Å². The molecule has 2 aromatic rings. The molecule has 1 aliphatic heterocycles. The zero-order chi connectivity index (χ0) is 26.9. The summed E-state index contributed by atoms with van der Waals surface area (Å²) < 4.78 is 33.4. The average molecular weight is 512 g/mol. The molecule has 0 unspecified atom stereocenters. The number of halogens is 2. The van der Waals surface area contributed by atoms with Crippen LogP contribution in [0.4, 0.5) is 20.2 Å². The van der Waals surface area contributed by atoms with Gasteiger partial charge in [0.2, 0.25) is 0 Å². The summed E-state index contributed by atoms with van der Waals surface area (Å²) in [6.07, 6.45) is 8.81. The lowest BCUT2D eigenvalue weighted by Crippen LogP contribution is -2.51. The molecule has 0 saturated carbocycles. The molecule has 0 bridgehead atoms. The number of allylic oxidation sites excluding steroid dienone is 1. The number of ether oxygens (including phenoxy) is 1. The van der Waals surface area contributed by atoms with Gasteiger partial charge in [0.15, 0.2) is 0 Å². The number of aliphatic hydroxyl groups excluding tert-OH is 1. The van der Waals surface area contributed by atoms with Gasteiger partial charge in [-0.05, 0) is 62.1 Å². The molecule has 0 spiro atoms. The van der Waals surface area contributed by atoms with Gasteiger partial charge in [0.1, 0.15) is 17.4 Å². The molecule has 1 saturated heterocycles. The number of rotatable bonds is 11. The van der Waals surface area contributed by atoms with Gasteiger partial charge in [-0.15, -0.1) is 0 Å². The average Bonchev–Trinajstić information content (AvgIpc) is 2.87. The third kappa shape index (κ3) is 6.98. The summed E-state index contributed by atoms with van der Waals surface area (Å²) in [6, 6.07) is 8.76. The highest BCUT2D eigenvalue weighted by atomic mass is 19.1. The van der Waals surface area contributed by atoms with Crippen molar-refractivity contribution in [2.45, 2.75) is 39.5 Å². The van der Waals surface area contributed by atoms with Crippen molar-refractivity contribution in [2.24, 2.45) is 0 Å². The highest BCUT2D eigenvalue weighted by Crippen LogP contribution is 2.33. The largest absolute Gasteiger partial charge is 0.495 e. The molecular formula is C29H35F2N3O3. The Kier molecular flexibility index (Phi) is 9.85. The molecule has 3 rings (SSSR count). The third-order valence-corrected chi connectivity index (χ3v) is 6.10. The number of aliphatic hydroxyl groups is 1. The van der Waals surface area contributed by atoms with E-state index in [-0.39, 0.29) is 24.7 Å². The highest BCUT2D eigenvalue weighted by Gasteiger charge is 2.29. The number of carbonyl (C=O) groups is 1. The Labute approximate surface area is 217 Å². The zero-order valence-corrected chi connectivity index (χ0v) is 21.7. The summed E-state index contributed by atoms with van der Waals surface area (Å²) in [4.78, 5) is 15.4. The van der Waals surface area contributed by atoms with Crippen molar-refractivity contribution in [1.29, 1.82) is 0 Å². The number of hydrogen-bond donors (Lipinski definition) is 1. The number of benzene rings is 2. The van der Waals surface area contributed by atoms with E-state index in [0.717, 1.165) is 42.3 Å². The fourth-order valence-corrected chi connectivity index (χ4v) is 4.45. The summed E-state index contributed by atoms with van der Waals surface area (Å²) in [5, 5.41) is 12.4. The van der Waals surface area contributed by atoms with Gasteiger partial charge in [0, 0.05) is 30.6 Å². The Morgan fingerprint density at radius 2 is 1.95 bits per heavy atom. The van der Waals surface area contributed by atoms with Gasteiger partial charge in [-0.25, -0.2) is 13.8 Å². The van der Waals surface area contributed by atoms with Crippen molar-refractivity contribution in [3.05, 3.63) is 83.7 Å². The topological polar surface area (TPSA) is 56.2 Å². The molecule has 0 aliphatic carbocycles. The minimum Gasteiger partial charge on any atom is -0.495 e. The summed E-state index contributed by atoms with van der Waals surface area (Å²) in [7, 11) is 1.60. The molecule has 0 radical (unpaired) electrons. The number of hydrazine groups is 1. The number of anilines is 2. The Balaban J connectivity index is 1.91. The maximum atomic E-state index is 13.9. The molecule has 6 nitrogen and oxygen atoms in total. The molecule has 1 heterocycles. The molecule has 2 aromatic carbocycles. The molecule has 8 heteroatoms. The number of hydrogen-bond acceptors (Lipinski definition) is 5. The maximum Gasteiger partial charge on any atom is 0.268 e. The van der Waals surface area contributed by atoms with Crippen LogP contribution in [0.25, 0.3) is 6.08 Å². The van der Waals surface area contributed by atoms with Gasteiger partial charge in [0.25, 0.3) is 5.91 Å². The van der Waals surface area contributed by atoms with Crippen LogP contribution in [0.2, 0.25) is 0 Å². The summed E-state index contributed by atoms with van der Waals surface area (Å²) in [5.74, 6) is -1.15. The number of amides is 1. The van der Waals surface area contributed by atoms with E-state index in [4.69, 9.17) is 4.74 Å². The van der Waals surface area contributed by atoms with Crippen LogP contribution >= 0.6 is 0 Å². The Morgan fingerprint density at radius 3 is 2.57 bits per heavy atom. The van der Waals surface area contributed by atoms with Crippen LogP contribution in [-0.4, -0.2) is 42.8 Å². The molecule has 0 aromatic heterocycles. The molecule has 1 N–H and O–H groups in total. The van der Waals surface area contributed by atoms with Gasteiger partial charge in [-0.1, -0.05) is 31.6 Å². The SMILES string of the molecule is C=CN(/C=C(/C)CCC)c1ccc(/C=C2\CCCN(N(CCO)c3cc(F)cc(F)c3)C2=O)cc1OC. The van der Waals surface area contributed by atoms with E-state index < -0.39 is 11.6 Å². The lowest BCUT2D eigenvalue weighted by molar-refractivity contribution is -0.129. The van der Waals surface area contributed by atoms with Crippen LogP contribution in [-0.2, 0) is 4.79 Å². The number of nitrogens with zero attached hydrogens (tertiary/aromatic N) is 3. The van der Waals surface area contributed by atoms with E-state index in [2.05, 4.69) is 20.4 Å². The van der Waals surface area contributed by atoms with Crippen molar-refractivity contribution < 1.29 is 23.4 Å². The van der Waals surface area contributed by atoms with Crippen LogP contribution in [0.1, 0.15) is 45.1 Å². The predicted octanol–water partition coefficient (Wildman–Crippen LogP) is 6.05. The summed E-state index contributed by atoms with van der Waals surface area (Å²) >= 11 is 0. The fraction of sp³-hybridized carbons (Fsp3) is 0.345. The first-order valence-corrected chi connectivity index (χ1v) is 12.4. The lowest BCUT2D eigenvalue weighted by atomic mass is 10.0. The first-order valence-electron chi connectivity index (χ1n) is 12.4. The van der Waals surface area contributed by atoms with E-state index in [0.29, 0.717) is 30.7 Å². The van der Waals surface area contributed by atoms with Crippen molar-refractivity contribution in [3.8, 4) is 5.75 Å². The van der Waals surface area contributed by atoms with Gasteiger partial charge >= 0.3 is 0 Å². The number of piperidine rings is 1. The minimum atomic E-state index is -0.751. The molecule has 0 atom stereocenters. The molecular weight excluding hydrogens is 476 g/mol. The highest BCUT2D eigenvalue weighted by molar-refractivity contribution is 5.99. The van der Waals surface area contributed by atoms with Crippen molar-refractivity contribution in [2.75, 3.05) is 36.7 Å². The first kappa shape index (κ1) is 27.9. The molecule has 1 aliphatic rings. The second-order valence-electron chi connectivity index (χ2n) is 8.92. The monoisotopic (exact) mass is 511 g/mol. The van der Waals surface area contributed by atoms with E-state index in [9.17, 15) is 18.7 Å². The van der Waals surface area contributed by atoms with E-state index in [1.807, 2.05) is 29.3 Å². The Bertz CT molecular complexity index is 1160. The van der Waals surface area contributed by atoms with Crippen LogP contribution in [0.5, 0.6) is 5.75 Å². The Morgan fingerprint density at radius 1 is 1.22 bits per heavy atom. The smallest absolute Gasteiger partial charge is 0.268 e. The maximum absolute atomic E-state index is 13.9. The quantitative estimate of drug-likeness (QED) is 0.373. The molecule has 1 fully saturated rings. The van der Waals surface area contributed by atoms with E-state index in [1.165, 1.54) is 15.6 Å². The van der Waals surface area contributed by atoms with Crippen LogP contribution < -0.4 is 14.6 Å². The summed E-state index contributed by atoms with van der Waals surface area (Å²) in [6.45, 7) is 8.23. The van der Waals surface area contributed by atoms with Crippen LogP contribution in [0.3, 0.4) is 0 Å². The molecule has 1 amide bonds. The first-order chi connectivity index (χ1) is 17.8. The fourth-order valence-electron chi connectivity index (χ4n) is 4.45. The molecule has 198 valence electrons. The number of carbonyl (C=O) groups excluding carboxylic acids is 1. The standard InChI is InChI=1S/C29H35F2N3O3/c1-5-8-21(3)20-32(6-2)27-11-10-22(16-28(27)37-4)15-23-9-7-12-34(29(23)36)33(13-14-35)26-18-24(30)17-25(31)19-26/h6,10-11,15-20,35H,2,5,7-9,12-14H2,1,3-4H3/b21-20-,23-15+. The second-order valence-corrected chi connectivity index (χ2v) is 8.92. The molecule has 37 heavy (non-hydrogen) atoms. The third-order valence-electron chi connectivity index (χ3n) is 6.10. The van der Waals surface area contributed by atoms with Crippen molar-refractivity contribution in [1.82, 2.24) is 5.01 Å². The van der Waals surface area contributed by atoms with E-state index in [1.54, 1.807) is 19.4 Å². The predicted molar refractivity (Wildman–Crippen MR) is 144 cm³/mol. The van der Waals surface area contributed by atoms with Gasteiger partial charge < -0.3 is 14.7 Å². The van der Waals surface area contributed by atoms with Crippen molar-refractivity contribution >= 4 is 23.4 Å². The van der Waals surface area contributed by atoms with Crippen LogP contribution in [0, 0.1) is 11.6 Å². The van der Waals surface area contributed by atoms with Crippen molar-refractivity contribution in [3.63, 3.8) is 0 Å². The minimum absolute atomic E-state index is 0.0206. The zero-order valence-electron chi connectivity index (χ0n) is 21.7. The normalized spacial score (nSPS) is 15.2. The second kappa shape index (κ2) is 13.1. The van der Waals surface area contributed by atoms with Gasteiger partial charge in [0.05, 0.1) is 31.6 Å².